The molecular formula is C21H26N2O5S. The molecule has 156 valence electrons. The highest BCUT2D eigenvalue weighted by atomic mass is 32.2. The molecule has 0 saturated carbocycles. The lowest BCUT2D eigenvalue weighted by molar-refractivity contribution is 0.0345. The molecule has 2 aromatic carbocycles. The van der Waals surface area contributed by atoms with Crippen LogP contribution in [-0.2, 0) is 14.8 Å². The first-order valence-electron chi connectivity index (χ1n) is 9.89. The molecular weight excluding hydrogens is 392 g/mol. The maximum absolute atomic E-state index is 13.2. The second kappa shape index (κ2) is 9.13. The standard InChI is InChI=1S/C21H26N2O5S/c24-29(25,18-7-8-20-21(15-18)28-12-4-11-27-20)22-19(17-5-2-1-3-6-17)16-23-9-13-26-14-10-23/h1-3,5-8,15,19,22H,4,9-14,16H2/t19-/m1/s1. The maximum atomic E-state index is 13.2. The van der Waals surface area contributed by atoms with Crippen molar-refractivity contribution < 1.29 is 22.6 Å². The average molecular weight is 419 g/mol. The molecule has 1 fully saturated rings. The third-order valence-corrected chi connectivity index (χ3v) is 6.54. The van der Waals surface area contributed by atoms with Gasteiger partial charge in [-0.3, -0.25) is 4.90 Å². The van der Waals surface area contributed by atoms with E-state index in [2.05, 4.69) is 9.62 Å². The highest BCUT2D eigenvalue weighted by molar-refractivity contribution is 7.89. The van der Waals surface area contributed by atoms with Crippen LogP contribution in [0.15, 0.2) is 53.4 Å². The summed E-state index contributed by atoms with van der Waals surface area (Å²) in [4.78, 5) is 2.39. The monoisotopic (exact) mass is 418 g/mol. The number of sulfonamides is 1. The Morgan fingerprint density at radius 2 is 1.66 bits per heavy atom. The van der Waals surface area contributed by atoms with Gasteiger partial charge in [0.2, 0.25) is 10.0 Å². The topological polar surface area (TPSA) is 77.1 Å². The van der Waals surface area contributed by atoms with Crippen molar-refractivity contribution in [3.05, 3.63) is 54.1 Å². The Morgan fingerprint density at radius 1 is 0.931 bits per heavy atom. The Morgan fingerprint density at radius 3 is 2.41 bits per heavy atom. The van der Waals surface area contributed by atoms with E-state index in [4.69, 9.17) is 14.2 Å². The molecule has 29 heavy (non-hydrogen) atoms. The Balaban J connectivity index is 1.57. The second-order valence-corrected chi connectivity index (χ2v) is 8.87. The lowest BCUT2D eigenvalue weighted by Crippen LogP contribution is -2.43. The summed E-state index contributed by atoms with van der Waals surface area (Å²) >= 11 is 0. The molecule has 0 unspecified atom stereocenters. The zero-order valence-corrected chi connectivity index (χ0v) is 17.1. The molecule has 4 rings (SSSR count). The zero-order chi connectivity index (χ0) is 20.1. The van der Waals surface area contributed by atoms with Crippen molar-refractivity contribution in [2.45, 2.75) is 17.4 Å². The minimum absolute atomic E-state index is 0.171. The lowest BCUT2D eigenvalue weighted by Gasteiger charge is -2.31. The van der Waals surface area contributed by atoms with Gasteiger partial charge in [-0.05, 0) is 17.7 Å². The molecule has 1 atom stereocenters. The van der Waals surface area contributed by atoms with E-state index in [0.29, 0.717) is 44.5 Å². The third kappa shape index (κ3) is 5.08. The molecule has 0 aromatic heterocycles. The van der Waals surface area contributed by atoms with Gasteiger partial charge in [-0.25, -0.2) is 13.1 Å². The minimum Gasteiger partial charge on any atom is -0.490 e. The summed E-state index contributed by atoms with van der Waals surface area (Å²) in [5, 5.41) is 0. The summed E-state index contributed by atoms with van der Waals surface area (Å²) in [5.74, 6) is 1.05. The minimum atomic E-state index is -3.75. The number of ether oxygens (including phenoxy) is 3. The number of benzene rings is 2. The van der Waals surface area contributed by atoms with E-state index >= 15 is 0 Å². The van der Waals surface area contributed by atoms with Crippen LogP contribution in [-0.4, -0.2) is 59.4 Å². The van der Waals surface area contributed by atoms with Crippen molar-refractivity contribution in [1.82, 2.24) is 9.62 Å². The first kappa shape index (κ1) is 20.2. The number of morpholine rings is 1. The van der Waals surface area contributed by atoms with Crippen molar-refractivity contribution >= 4 is 10.0 Å². The molecule has 7 nitrogen and oxygen atoms in total. The first-order valence-corrected chi connectivity index (χ1v) is 11.4. The second-order valence-electron chi connectivity index (χ2n) is 7.16. The van der Waals surface area contributed by atoms with Crippen molar-refractivity contribution in [2.75, 3.05) is 46.1 Å². The van der Waals surface area contributed by atoms with E-state index in [1.807, 2.05) is 30.3 Å². The fraction of sp³-hybridized carbons (Fsp3) is 0.429. The Labute approximate surface area is 171 Å². The Hall–Kier alpha value is -2.13. The van der Waals surface area contributed by atoms with E-state index < -0.39 is 10.0 Å². The predicted molar refractivity (Wildman–Crippen MR) is 109 cm³/mol. The summed E-state index contributed by atoms with van der Waals surface area (Å²) in [6.07, 6.45) is 0.768. The van der Waals surface area contributed by atoms with Gasteiger partial charge >= 0.3 is 0 Å². The van der Waals surface area contributed by atoms with Crippen molar-refractivity contribution in [3.63, 3.8) is 0 Å². The Kier molecular flexibility index (Phi) is 6.34. The number of hydrogen-bond acceptors (Lipinski definition) is 6. The molecule has 0 aliphatic carbocycles. The normalized spacial score (nSPS) is 18.8. The fourth-order valence-electron chi connectivity index (χ4n) is 3.50. The Bertz CT molecular complexity index is 914. The van der Waals surface area contributed by atoms with Gasteiger partial charge in [0.25, 0.3) is 0 Å². The molecule has 1 N–H and O–H groups in total. The van der Waals surface area contributed by atoms with Crippen molar-refractivity contribution in [1.29, 1.82) is 0 Å². The molecule has 8 heteroatoms. The number of fused-ring (bicyclic) bond motifs is 1. The maximum Gasteiger partial charge on any atom is 0.241 e. The van der Waals surface area contributed by atoms with Crippen LogP contribution in [0.4, 0.5) is 0 Å². The number of hydrogen-bond donors (Lipinski definition) is 1. The summed E-state index contributed by atoms with van der Waals surface area (Å²) in [6, 6.07) is 14.1. The molecule has 0 bridgehead atoms. The van der Waals surface area contributed by atoms with Gasteiger partial charge in [0.05, 0.1) is 37.4 Å². The highest BCUT2D eigenvalue weighted by Crippen LogP contribution is 2.32. The van der Waals surface area contributed by atoms with Gasteiger partial charge in [-0.2, -0.15) is 0 Å². The molecule has 0 radical (unpaired) electrons. The SMILES string of the molecule is O=S(=O)(N[C@H](CN1CCOCC1)c1ccccc1)c1ccc2c(c1)OCCCO2. The van der Waals surface area contributed by atoms with E-state index in [1.165, 1.54) is 0 Å². The van der Waals surface area contributed by atoms with Crippen LogP contribution in [0.5, 0.6) is 11.5 Å². The molecule has 2 aromatic rings. The molecule has 2 aliphatic rings. The quantitative estimate of drug-likeness (QED) is 0.775. The van der Waals surface area contributed by atoms with Crippen LogP contribution in [0, 0.1) is 0 Å². The zero-order valence-electron chi connectivity index (χ0n) is 16.2. The summed E-state index contributed by atoms with van der Waals surface area (Å²) < 4.78 is 45.9. The lowest BCUT2D eigenvalue weighted by atomic mass is 10.1. The molecule has 1 saturated heterocycles. The molecule has 2 aliphatic heterocycles. The molecule has 0 spiro atoms. The van der Waals surface area contributed by atoms with Gasteiger partial charge in [-0.15, -0.1) is 0 Å². The highest BCUT2D eigenvalue weighted by Gasteiger charge is 2.25. The van der Waals surface area contributed by atoms with Crippen LogP contribution >= 0.6 is 0 Å². The smallest absolute Gasteiger partial charge is 0.241 e. The van der Waals surface area contributed by atoms with Crippen LogP contribution < -0.4 is 14.2 Å². The number of nitrogens with one attached hydrogen (secondary N) is 1. The average Bonchev–Trinajstić information content (AvgIpc) is 2.99. The fourth-order valence-corrected chi connectivity index (χ4v) is 4.73. The molecule has 0 amide bonds. The van der Waals surface area contributed by atoms with Gasteiger partial charge in [0.1, 0.15) is 0 Å². The van der Waals surface area contributed by atoms with E-state index in [0.717, 1.165) is 25.1 Å². The molecule has 2 heterocycles. The van der Waals surface area contributed by atoms with Gasteiger partial charge in [0, 0.05) is 32.1 Å². The predicted octanol–water partition coefficient (Wildman–Crippen LogP) is 2.20. The van der Waals surface area contributed by atoms with Crippen molar-refractivity contribution in [2.24, 2.45) is 0 Å². The van der Waals surface area contributed by atoms with Gasteiger partial charge in [0.15, 0.2) is 11.5 Å². The summed E-state index contributed by atoms with van der Waals surface area (Å²) in [7, 11) is -3.75. The van der Waals surface area contributed by atoms with Crippen LogP contribution in [0.2, 0.25) is 0 Å². The van der Waals surface area contributed by atoms with Gasteiger partial charge in [-0.1, -0.05) is 30.3 Å². The summed E-state index contributed by atoms with van der Waals surface area (Å²) in [5.41, 5.74) is 0.928. The van der Waals surface area contributed by atoms with Crippen LogP contribution in [0.25, 0.3) is 0 Å². The van der Waals surface area contributed by atoms with Crippen LogP contribution in [0.3, 0.4) is 0 Å². The summed E-state index contributed by atoms with van der Waals surface area (Å²) in [6.45, 7) is 4.55. The number of nitrogens with zero attached hydrogens (tertiary/aromatic N) is 1. The third-order valence-electron chi connectivity index (χ3n) is 5.07. The van der Waals surface area contributed by atoms with E-state index in [9.17, 15) is 8.42 Å². The van der Waals surface area contributed by atoms with Crippen LogP contribution in [0.1, 0.15) is 18.0 Å². The van der Waals surface area contributed by atoms with Crippen molar-refractivity contribution in [3.8, 4) is 11.5 Å². The van der Waals surface area contributed by atoms with E-state index in [1.54, 1.807) is 18.2 Å². The van der Waals surface area contributed by atoms with Gasteiger partial charge < -0.3 is 14.2 Å². The first-order chi connectivity index (χ1) is 14.1. The number of rotatable bonds is 6. The largest absolute Gasteiger partial charge is 0.490 e. The van der Waals surface area contributed by atoms with E-state index in [-0.39, 0.29) is 10.9 Å².